The van der Waals surface area contributed by atoms with E-state index in [1.807, 2.05) is 36.2 Å². The number of hydrogen-bond acceptors (Lipinski definition) is 5. The molecule has 0 aliphatic carbocycles. The Morgan fingerprint density at radius 3 is 2.72 bits per heavy atom. The van der Waals surface area contributed by atoms with Gasteiger partial charge >= 0.3 is 0 Å². The van der Waals surface area contributed by atoms with Crippen LogP contribution in [0.5, 0.6) is 5.75 Å². The van der Waals surface area contributed by atoms with Crippen molar-refractivity contribution in [2.45, 2.75) is 44.2 Å². The summed E-state index contributed by atoms with van der Waals surface area (Å²) in [5.74, 6) is 0.949. The van der Waals surface area contributed by atoms with E-state index < -0.39 is 0 Å². The van der Waals surface area contributed by atoms with E-state index in [1.54, 1.807) is 0 Å². The lowest BCUT2D eigenvalue weighted by Gasteiger charge is -2.29. The topological polar surface area (TPSA) is 37.7 Å². The van der Waals surface area contributed by atoms with Crippen LogP contribution in [-0.4, -0.2) is 33.0 Å². The third kappa shape index (κ3) is 3.13. The smallest absolute Gasteiger partial charge is 0.160 e. The summed E-state index contributed by atoms with van der Waals surface area (Å²) < 4.78 is 6.11. The molecule has 1 saturated heterocycles. The number of fused-ring (bicyclic) bond motifs is 1. The molecule has 1 aromatic heterocycles. The monoisotopic (exact) mass is 353 g/mol. The minimum absolute atomic E-state index is 0.00751. The number of aliphatic imine (C=N–C) groups is 1. The zero-order valence-electron chi connectivity index (χ0n) is 14.8. The maximum atomic E-state index is 6.11. The Labute approximate surface area is 153 Å². The number of ether oxygens (including phenoxy) is 1. The van der Waals surface area contributed by atoms with E-state index in [2.05, 4.69) is 54.9 Å². The fourth-order valence-electron chi connectivity index (χ4n) is 3.54. The average Bonchev–Trinajstić information content (AvgIpc) is 3.12. The fraction of sp³-hybridized carbons (Fsp3) is 0.400. The predicted molar refractivity (Wildman–Crippen MR) is 103 cm³/mol. The largest absolute Gasteiger partial charge is 0.491 e. The highest BCUT2D eigenvalue weighted by atomic mass is 32.2. The Morgan fingerprint density at radius 1 is 1.16 bits per heavy atom. The van der Waals surface area contributed by atoms with Crippen LogP contribution in [0.3, 0.4) is 0 Å². The van der Waals surface area contributed by atoms with Gasteiger partial charge < -0.3 is 9.64 Å². The molecule has 0 spiro atoms. The molecule has 0 saturated carbocycles. The molecule has 0 bridgehead atoms. The molecule has 3 atom stereocenters. The zero-order valence-corrected chi connectivity index (χ0v) is 15.6. The lowest BCUT2D eigenvalue weighted by Crippen LogP contribution is -2.29. The first-order valence-corrected chi connectivity index (χ1v) is 9.69. The number of nitrogens with zero attached hydrogens (tertiary/aromatic N) is 3. The molecule has 2 aromatic rings. The Bertz CT molecular complexity index is 778. The van der Waals surface area contributed by atoms with E-state index in [0.717, 1.165) is 23.2 Å². The van der Waals surface area contributed by atoms with Gasteiger partial charge in [-0.1, -0.05) is 43.0 Å². The molecule has 25 heavy (non-hydrogen) atoms. The summed E-state index contributed by atoms with van der Waals surface area (Å²) in [7, 11) is 0. The summed E-state index contributed by atoms with van der Waals surface area (Å²) in [4.78, 5) is 12.1. The zero-order chi connectivity index (χ0) is 17.4. The molecule has 0 amide bonds. The molecule has 5 heteroatoms. The van der Waals surface area contributed by atoms with Gasteiger partial charge in [-0.3, -0.25) is 9.98 Å². The van der Waals surface area contributed by atoms with Crippen molar-refractivity contribution in [1.29, 1.82) is 0 Å². The first-order valence-electron chi connectivity index (χ1n) is 8.81. The van der Waals surface area contributed by atoms with Crippen LogP contribution in [0.15, 0.2) is 53.7 Å². The van der Waals surface area contributed by atoms with Crippen LogP contribution >= 0.6 is 11.8 Å². The van der Waals surface area contributed by atoms with Crippen LogP contribution in [0.4, 0.5) is 0 Å². The van der Waals surface area contributed by atoms with Gasteiger partial charge in [0.2, 0.25) is 0 Å². The number of aromatic nitrogens is 1. The summed E-state index contributed by atoms with van der Waals surface area (Å²) in [5, 5.41) is 1.69. The standard InChI is InChI=1S/C20H23N3OS/c1-13(2)24-17-10-5-4-8-15(17)19-18(16-9-6-7-11-21-16)22-20-23(19)12-14(3)25-20/h4-11,13-14,18-19H,12H2,1-3H3. The van der Waals surface area contributed by atoms with Crippen molar-refractivity contribution in [2.75, 3.05) is 6.54 Å². The van der Waals surface area contributed by atoms with E-state index in [0.29, 0.717) is 5.25 Å². The molecule has 130 valence electrons. The Kier molecular flexibility index (Phi) is 4.42. The second kappa shape index (κ2) is 6.71. The van der Waals surface area contributed by atoms with E-state index in [9.17, 15) is 0 Å². The number of thioether (sulfide) groups is 1. The Morgan fingerprint density at radius 2 is 1.96 bits per heavy atom. The average molecular weight is 353 g/mol. The summed E-state index contributed by atoms with van der Waals surface area (Å²) in [6.07, 6.45) is 1.99. The molecular weight excluding hydrogens is 330 g/mol. The van der Waals surface area contributed by atoms with Crippen molar-refractivity contribution in [3.05, 3.63) is 59.9 Å². The maximum absolute atomic E-state index is 6.11. The molecule has 2 aliphatic rings. The summed E-state index contributed by atoms with van der Waals surface area (Å²) in [5.41, 5.74) is 2.21. The first kappa shape index (κ1) is 16.5. The summed E-state index contributed by atoms with van der Waals surface area (Å²) in [6, 6.07) is 14.6. The van der Waals surface area contributed by atoms with Crippen molar-refractivity contribution < 1.29 is 4.74 Å². The number of pyridine rings is 1. The Hall–Kier alpha value is -2.01. The molecule has 1 aromatic carbocycles. The third-order valence-electron chi connectivity index (χ3n) is 4.48. The van der Waals surface area contributed by atoms with Gasteiger partial charge in [-0.15, -0.1) is 0 Å². The molecule has 4 nitrogen and oxygen atoms in total. The molecule has 2 aliphatic heterocycles. The molecule has 3 unspecified atom stereocenters. The highest BCUT2D eigenvalue weighted by Gasteiger charge is 2.44. The van der Waals surface area contributed by atoms with Crippen molar-refractivity contribution >= 4 is 16.9 Å². The van der Waals surface area contributed by atoms with Crippen LogP contribution in [0.2, 0.25) is 0 Å². The molecule has 3 heterocycles. The minimum Gasteiger partial charge on any atom is -0.491 e. The SMILES string of the molecule is CC(C)Oc1ccccc1C1C(c2ccccn2)N=C2SC(C)CN21. The van der Waals surface area contributed by atoms with Crippen LogP contribution in [0.25, 0.3) is 0 Å². The highest BCUT2D eigenvalue weighted by molar-refractivity contribution is 8.14. The second-order valence-corrected chi connectivity index (χ2v) is 8.25. The molecule has 1 fully saturated rings. The fourth-order valence-corrected chi connectivity index (χ4v) is 4.63. The van der Waals surface area contributed by atoms with Crippen LogP contribution in [0.1, 0.15) is 44.1 Å². The van der Waals surface area contributed by atoms with Crippen LogP contribution in [-0.2, 0) is 0 Å². The van der Waals surface area contributed by atoms with Crippen molar-refractivity contribution in [3.8, 4) is 5.75 Å². The molecule has 4 rings (SSSR count). The lowest BCUT2D eigenvalue weighted by atomic mass is 9.95. The Balaban J connectivity index is 1.78. The van der Waals surface area contributed by atoms with Gasteiger partial charge in [0.15, 0.2) is 5.17 Å². The minimum atomic E-state index is 0.00751. The van der Waals surface area contributed by atoms with Gasteiger partial charge in [-0.05, 0) is 32.0 Å². The summed E-state index contributed by atoms with van der Waals surface area (Å²) in [6.45, 7) is 7.40. The number of amidine groups is 1. The number of hydrogen-bond donors (Lipinski definition) is 0. The predicted octanol–water partition coefficient (Wildman–Crippen LogP) is 4.46. The molecular formula is C20H23N3OS. The van der Waals surface area contributed by atoms with E-state index >= 15 is 0 Å². The second-order valence-electron chi connectivity index (χ2n) is 6.84. The van der Waals surface area contributed by atoms with Gasteiger partial charge in [-0.2, -0.15) is 0 Å². The van der Waals surface area contributed by atoms with Gasteiger partial charge in [0.05, 0.1) is 17.8 Å². The summed E-state index contributed by atoms with van der Waals surface area (Å²) >= 11 is 1.86. The van der Waals surface area contributed by atoms with Crippen LogP contribution < -0.4 is 4.74 Å². The van der Waals surface area contributed by atoms with Gasteiger partial charge in [0, 0.05) is 23.6 Å². The highest BCUT2D eigenvalue weighted by Crippen LogP contribution is 2.49. The maximum Gasteiger partial charge on any atom is 0.160 e. The lowest BCUT2D eigenvalue weighted by molar-refractivity contribution is 0.230. The van der Waals surface area contributed by atoms with Crippen molar-refractivity contribution in [2.24, 2.45) is 4.99 Å². The normalized spacial score (nSPS) is 25.2. The van der Waals surface area contributed by atoms with Gasteiger partial charge in [0.25, 0.3) is 0 Å². The first-order chi connectivity index (χ1) is 12.1. The van der Waals surface area contributed by atoms with Crippen molar-refractivity contribution in [1.82, 2.24) is 9.88 Å². The number of rotatable bonds is 4. The number of benzene rings is 1. The quantitative estimate of drug-likeness (QED) is 0.813. The van der Waals surface area contributed by atoms with E-state index in [4.69, 9.17) is 9.73 Å². The van der Waals surface area contributed by atoms with Gasteiger partial charge in [-0.25, -0.2) is 0 Å². The molecule has 0 N–H and O–H groups in total. The van der Waals surface area contributed by atoms with E-state index in [-0.39, 0.29) is 18.2 Å². The van der Waals surface area contributed by atoms with Gasteiger partial charge in [0.1, 0.15) is 11.8 Å². The molecule has 0 radical (unpaired) electrons. The van der Waals surface area contributed by atoms with Crippen molar-refractivity contribution in [3.63, 3.8) is 0 Å². The van der Waals surface area contributed by atoms with Crippen LogP contribution in [0, 0.1) is 0 Å². The van der Waals surface area contributed by atoms with E-state index in [1.165, 1.54) is 5.56 Å². The third-order valence-corrected chi connectivity index (χ3v) is 5.58. The number of para-hydroxylation sites is 1.